The van der Waals surface area contributed by atoms with E-state index in [1.807, 2.05) is 0 Å². The molecule has 1 unspecified atom stereocenters. The first-order chi connectivity index (χ1) is 16.5. The van der Waals surface area contributed by atoms with Gasteiger partial charge in [0, 0.05) is 31.6 Å². The van der Waals surface area contributed by atoms with E-state index in [1.54, 1.807) is 37.4 Å². The second-order valence-corrected chi connectivity index (χ2v) is 8.77. The smallest absolute Gasteiger partial charge is 0.262 e. The van der Waals surface area contributed by atoms with Gasteiger partial charge in [-0.25, -0.2) is 13.8 Å². The van der Waals surface area contributed by atoms with Crippen LogP contribution in [-0.2, 0) is 14.3 Å². The molecular weight excluding hydrogens is 440 g/mol. The van der Waals surface area contributed by atoms with Crippen LogP contribution >= 0.6 is 0 Å². The van der Waals surface area contributed by atoms with E-state index in [-0.39, 0.29) is 30.6 Å². The van der Waals surface area contributed by atoms with E-state index in [1.165, 1.54) is 28.1 Å². The molecule has 2 aromatic rings. The third-order valence-corrected chi connectivity index (χ3v) is 6.52. The van der Waals surface area contributed by atoms with Crippen LogP contribution in [0.2, 0.25) is 0 Å². The number of amides is 2. The summed E-state index contributed by atoms with van der Waals surface area (Å²) >= 11 is 0. The van der Waals surface area contributed by atoms with Gasteiger partial charge in [0.05, 0.1) is 18.4 Å². The van der Waals surface area contributed by atoms with Crippen molar-refractivity contribution in [1.82, 2.24) is 9.91 Å². The van der Waals surface area contributed by atoms with Crippen LogP contribution in [0.15, 0.2) is 53.6 Å². The predicted octanol–water partition coefficient (Wildman–Crippen LogP) is 4.31. The Labute approximate surface area is 198 Å². The third kappa shape index (κ3) is 5.33. The van der Waals surface area contributed by atoms with Crippen molar-refractivity contribution in [2.75, 3.05) is 26.8 Å². The number of halogens is 2. The van der Waals surface area contributed by atoms with Crippen molar-refractivity contribution in [2.24, 2.45) is 11.0 Å². The van der Waals surface area contributed by atoms with E-state index in [0.717, 1.165) is 25.7 Å². The molecule has 1 aliphatic heterocycles. The summed E-state index contributed by atoms with van der Waals surface area (Å²) in [7, 11) is 1.55. The highest BCUT2D eigenvalue weighted by atomic mass is 19.1. The van der Waals surface area contributed by atoms with Gasteiger partial charge in [-0.3, -0.25) is 9.59 Å². The molecule has 1 saturated carbocycles. The minimum Gasteiger partial charge on any atom is -0.383 e. The molecule has 0 spiro atoms. The highest BCUT2D eigenvalue weighted by molar-refractivity contribution is 6.03. The van der Waals surface area contributed by atoms with E-state index in [4.69, 9.17) is 4.74 Å². The van der Waals surface area contributed by atoms with Crippen LogP contribution < -0.4 is 0 Å². The van der Waals surface area contributed by atoms with Crippen LogP contribution in [0.3, 0.4) is 0 Å². The van der Waals surface area contributed by atoms with Crippen LogP contribution in [-0.4, -0.2) is 54.2 Å². The molecule has 1 aliphatic carbocycles. The second kappa shape index (κ2) is 10.9. The molecular formula is C26H29F2N3O3. The average Bonchev–Trinajstić information content (AvgIpc) is 3.53. The van der Waals surface area contributed by atoms with Crippen LogP contribution in [0.25, 0.3) is 0 Å². The number of rotatable bonds is 8. The first-order valence-electron chi connectivity index (χ1n) is 11.7. The van der Waals surface area contributed by atoms with Crippen LogP contribution in [0.5, 0.6) is 0 Å². The quantitative estimate of drug-likeness (QED) is 0.579. The van der Waals surface area contributed by atoms with Crippen molar-refractivity contribution in [1.29, 1.82) is 0 Å². The Morgan fingerprint density at radius 2 is 1.79 bits per heavy atom. The summed E-state index contributed by atoms with van der Waals surface area (Å²) in [6.07, 6.45) is 3.95. The van der Waals surface area contributed by atoms with Gasteiger partial charge in [-0.15, -0.1) is 0 Å². The second-order valence-electron chi connectivity index (χ2n) is 8.77. The maximum atomic E-state index is 14.7. The normalized spacial score (nSPS) is 18.3. The highest BCUT2D eigenvalue weighted by Crippen LogP contribution is 2.34. The summed E-state index contributed by atoms with van der Waals surface area (Å²) in [4.78, 5) is 28.1. The van der Waals surface area contributed by atoms with Crippen molar-refractivity contribution < 1.29 is 23.1 Å². The van der Waals surface area contributed by atoms with Crippen LogP contribution in [0, 0.1) is 17.6 Å². The molecule has 1 fully saturated rings. The lowest BCUT2D eigenvalue weighted by molar-refractivity contribution is -0.144. The summed E-state index contributed by atoms with van der Waals surface area (Å²) in [5.74, 6) is -1.33. The molecule has 0 radical (unpaired) electrons. The maximum Gasteiger partial charge on any atom is 0.262 e. The Morgan fingerprint density at radius 1 is 1.09 bits per heavy atom. The lowest BCUT2D eigenvalue weighted by Gasteiger charge is -2.28. The molecule has 34 heavy (non-hydrogen) atoms. The SMILES string of the molecule is COCCN(CC(=O)N1N=C(c2ccc(F)cc2)CC1c1ccccc1F)C(=O)C1CCCC1. The monoisotopic (exact) mass is 469 g/mol. The molecule has 2 aliphatic rings. The van der Waals surface area contributed by atoms with Gasteiger partial charge in [-0.2, -0.15) is 5.10 Å². The summed E-state index contributed by atoms with van der Waals surface area (Å²) in [5.41, 5.74) is 1.57. The molecule has 0 bridgehead atoms. The van der Waals surface area contributed by atoms with E-state index in [2.05, 4.69) is 5.10 Å². The first kappa shape index (κ1) is 24.0. The van der Waals surface area contributed by atoms with Crippen LogP contribution in [0.1, 0.15) is 49.3 Å². The highest BCUT2D eigenvalue weighted by Gasteiger charge is 2.36. The fourth-order valence-corrected chi connectivity index (χ4v) is 4.68. The third-order valence-electron chi connectivity index (χ3n) is 6.52. The van der Waals surface area contributed by atoms with Gasteiger partial charge >= 0.3 is 0 Å². The van der Waals surface area contributed by atoms with Gasteiger partial charge < -0.3 is 9.64 Å². The fraction of sp³-hybridized carbons (Fsp3) is 0.423. The first-order valence-corrected chi connectivity index (χ1v) is 11.7. The number of hydrazone groups is 1. The molecule has 180 valence electrons. The summed E-state index contributed by atoms with van der Waals surface area (Å²) in [6, 6.07) is 11.5. The summed E-state index contributed by atoms with van der Waals surface area (Å²) in [5, 5.41) is 5.80. The molecule has 2 aromatic carbocycles. The number of ether oxygens (including phenoxy) is 1. The minimum atomic E-state index is -0.653. The Balaban J connectivity index is 1.60. The van der Waals surface area contributed by atoms with Gasteiger partial charge in [0.25, 0.3) is 5.91 Å². The summed E-state index contributed by atoms with van der Waals surface area (Å²) < 4.78 is 33.3. The van der Waals surface area contributed by atoms with Crippen LogP contribution in [0.4, 0.5) is 8.78 Å². The lowest BCUT2D eigenvalue weighted by Crippen LogP contribution is -2.44. The number of methoxy groups -OCH3 is 1. The van der Waals surface area contributed by atoms with Crippen molar-refractivity contribution in [3.8, 4) is 0 Å². The zero-order chi connectivity index (χ0) is 24.1. The molecule has 1 heterocycles. The maximum absolute atomic E-state index is 14.7. The van der Waals surface area contributed by atoms with Crippen molar-refractivity contribution in [3.63, 3.8) is 0 Å². The van der Waals surface area contributed by atoms with Gasteiger partial charge in [-0.05, 0) is 36.6 Å². The Kier molecular flexibility index (Phi) is 7.67. The Morgan fingerprint density at radius 3 is 2.47 bits per heavy atom. The number of hydrogen-bond acceptors (Lipinski definition) is 4. The van der Waals surface area contributed by atoms with Crippen molar-refractivity contribution in [2.45, 2.75) is 38.1 Å². The lowest BCUT2D eigenvalue weighted by atomic mass is 9.98. The number of carbonyl (C=O) groups is 2. The fourth-order valence-electron chi connectivity index (χ4n) is 4.68. The number of nitrogens with zero attached hydrogens (tertiary/aromatic N) is 3. The van der Waals surface area contributed by atoms with Gasteiger partial charge in [0.1, 0.15) is 18.2 Å². The molecule has 0 saturated heterocycles. The number of benzene rings is 2. The van der Waals surface area contributed by atoms with E-state index < -0.39 is 17.8 Å². The molecule has 0 aromatic heterocycles. The van der Waals surface area contributed by atoms with Crippen molar-refractivity contribution in [3.05, 3.63) is 71.3 Å². The van der Waals surface area contributed by atoms with E-state index in [9.17, 15) is 18.4 Å². The Bertz CT molecular complexity index is 1050. The van der Waals surface area contributed by atoms with Gasteiger partial charge in [0.15, 0.2) is 0 Å². The number of hydrogen-bond donors (Lipinski definition) is 0. The largest absolute Gasteiger partial charge is 0.383 e. The van der Waals surface area contributed by atoms with Crippen molar-refractivity contribution >= 4 is 17.5 Å². The molecule has 6 nitrogen and oxygen atoms in total. The molecule has 4 rings (SSSR count). The topological polar surface area (TPSA) is 62.2 Å². The number of carbonyl (C=O) groups excluding carboxylic acids is 2. The Hall–Kier alpha value is -3.13. The predicted molar refractivity (Wildman–Crippen MR) is 124 cm³/mol. The summed E-state index contributed by atoms with van der Waals surface area (Å²) in [6.45, 7) is 0.445. The molecule has 2 amide bonds. The van der Waals surface area contributed by atoms with E-state index >= 15 is 0 Å². The molecule has 1 atom stereocenters. The average molecular weight is 470 g/mol. The minimum absolute atomic E-state index is 0.0488. The zero-order valence-corrected chi connectivity index (χ0v) is 19.3. The van der Waals surface area contributed by atoms with Gasteiger partial charge in [0.2, 0.25) is 5.91 Å². The zero-order valence-electron chi connectivity index (χ0n) is 19.3. The molecule has 0 N–H and O–H groups in total. The van der Waals surface area contributed by atoms with E-state index in [0.29, 0.717) is 30.0 Å². The standard InChI is InChI=1S/C26H29F2N3O3/c1-34-15-14-30(26(33)19-6-2-3-7-19)17-25(32)31-24(21-8-4-5-9-22(21)28)16-23(29-31)18-10-12-20(27)13-11-18/h4-5,8-13,19,24H,2-3,6-7,14-17H2,1H3. The van der Waals surface area contributed by atoms with Gasteiger partial charge in [-0.1, -0.05) is 43.2 Å². The molecule has 8 heteroatoms.